The number of nitrogens with zero attached hydrogens (tertiary/aromatic N) is 2. The molecule has 18 heavy (non-hydrogen) atoms. The molecule has 1 N–H and O–H groups in total. The van der Waals surface area contributed by atoms with E-state index < -0.39 is 6.09 Å². The molecule has 0 saturated heterocycles. The van der Waals surface area contributed by atoms with Crippen molar-refractivity contribution < 1.29 is 14.3 Å². The first-order valence-electron chi connectivity index (χ1n) is 4.86. The van der Waals surface area contributed by atoms with Crippen LogP contribution in [0.15, 0.2) is 28.7 Å². The molecule has 94 valence electrons. The topological polar surface area (TPSA) is 55.1 Å². The van der Waals surface area contributed by atoms with E-state index in [1.54, 1.807) is 12.1 Å². The van der Waals surface area contributed by atoms with Gasteiger partial charge in [-0.1, -0.05) is 15.9 Å². The average molecular weight is 378 g/mol. The maximum Gasteiger partial charge on any atom is 0.432 e. The smallest absolute Gasteiger partial charge is 0.432 e. The molecule has 0 aliphatic rings. The summed E-state index contributed by atoms with van der Waals surface area (Å²) in [6.07, 6.45) is -1.16. The van der Waals surface area contributed by atoms with Gasteiger partial charge >= 0.3 is 6.09 Å². The molecule has 1 aromatic carbocycles. The van der Waals surface area contributed by atoms with Gasteiger partial charge < -0.3 is 5.11 Å². The Morgan fingerprint density at radius 3 is 2.67 bits per heavy atom. The second-order valence-corrected chi connectivity index (χ2v) is 4.89. The number of alkyl halides is 1. The molecule has 0 bridgehead atoms. The number of hydrogen-bond acceptors (Lipinski definition) is 2. The van der Waals surface area contributed by atoms with Crippen molar-refractivity contribution in [2.45, 2.75) is 5.33 Å². The van der Waals surface area contributed by atoms with Gasteiger partial charge in [0.25, 0.3) is 0 Å². The number of aromatic nitrogens is 2. The Morgan fingerprint density at radius 2 is 2.17 bits per heavy atom. The maximum absolute atomic E-state index is 13.0. The lowest BCUT2D eigenvalue weighted by molar-refractivity contribution is 0.192. The second kappa shape index (κ2) is 5.19. The number of carbonyl (C=O) groups is 1. The zero-order valence-corrected chi connectivity index (χ0v) is 12.1. The summed E-state index contributed by atoms with van der Waals surface area (Å²) < 4.78 is 14.4. The van der Waals surface area contributed by atoms with Crippen molar-refractivity contribution in [3.05, 3.63) is 40.2 Å². The fraction of sp³-hybridized carbons (Fsp3) is 0.0909. The van der Waals surface area contributed by atoms with E-state index in [0.29, 0.717) is 26.8 Å². The van der Waals surface area contributed by atoms with Gasteiger partial charge in [-0.25, -0.2) is 9.18 Å². The zero-order valence-electron chi connectivity index (χ0n) is 8.90. The van der Waals surface area contributed by atoms with Crippen molar-refractivity contribution in [3.63, 3.8) is 0 Å². The molecule has 1 heterocycles. The van der Waals surface area contributed by atoms with E-state index in [4.69, 9.17) is 5.11 Å². The summed E-state index contributed by atoms with van der Waals surface area (Å²) in [4.78, 5) is 11.0. The SMILES string of the molecule is O=C(O)n1nc(-c2ccc(F)cc2Br)cc1CBr. The molecule has 2 aromatic rings. The molecular formula is C11H7Br2FN2O2. The van der Waals surface area contributed by atoms with Crippen molar-refractivity contribution in [1.82, 2.24) is 9.78 Å². The quantitative estimate of drug-likeness (QED) is 0.808. The molecule has 0 aliphatic carbocycles. The Kier molecular flexibility index (Phi) is 3.82. The summed E-state index contributed by atoms with van der Waals surface area (Å²) >= 11 is 6.42. The monoisotopic (exact) mass is 376 g/mol. The fourth-order valence-corrected chi connectivity index (χ4v) is 2.46. The van der Waals surface area contributed by atoms with E-state index in [1.807, 2.05) is 0 Å². The largest absolute Gasteiger partial charge is 0.463 e. The molecule has 0 amide bonds. The van der Waals surface area contributed by atoms with Gasteiger partial charge in [-0.2, -0.15) is 9.78 Å². The Labute approximate surface area is 119 Å². The molecule has 0 radical (unpaired) electrons. The summed E-state index contributed by atoms with van der Waals surface area (Å²) in [6, 6.07) is 5.80. The molecule has 0 fully saturated rings. The minimum Gasteiger partial charge on any atom is -0.463 e. The van der Waals surface area contributed by atoms with Gasteiger partial charge in [-0.15, -0.1) is 0 Å². The predicted octanol–water partition coefficient (Wildman–Crippen LogP) is 3.87. The molecule has 0 unspecified atom stereocenters. The van der Waals surface area contributed by atoms with Gasteiger partial charge in [0.1, 0.15) is 5.82 Å². The van der Waals surface area contributed by atoms with Gasteiger partial charge in [0.15, 0.2) is 0 Å². The van der Waals surface area contributed by atoms with Gasteiger partial charge in [-0.3, -0.25) is 0 Å². The first-order valence-corrected chi connectivity index (χ1v) is 6.78. The normalized spacial score (nSPS) is 10.6. The van der Waals surface area contributed by atoms with Crippen LogP contribution in [-0.2, 0) is 5.33 Å². The third-order valence-electron chi connectivity index (χ3n) is 2.31. The summed E-state index contributed by atoms with van der Waals surface area (Å²) in [5.74, 6) is -0.371. The highest BCUT2D eigenvalue weighted by Gasteiger charge is 2.15. The number of rotatable bonds is 2. The van der Waals surface area contributed by atoms with Crippen LogP contribution in [0, 0.1) is 5.82 Å². The van der Waals surface area contributed by atoms with Crippen LogP contribution < -0.4 is 0 Å². The number of carboxylic acid groups (broad SMARTS) is 1. The van der Waals surface area contributed by atoms with Crippen LogP contribution in [0.5, 0.6) is 0 Å². The van der Waals surface area contributed by atoms with Gasteiger partial charge in [0.2, 0.25) is 0 Å². The van der Waals surface area contributed by atoms with Crippen LogP contribution >= 0.6 is 31.9 Å². The Hall–Kier alpha value is -1.21. The van der Waals surface area contributed by atoms with E-state index in [9.17, 15) is 9.18 Å². The molecule has 7 heteroatoms. The molecule has 0 spiro atoms. The van der Waals surface area contributed by atoms with Gasteiger partial charge in [0.05, 0.1) is 11.4 Å². The third-order valence-corrected chi connectivity index (χ3v) is 3.54. The second-order valence-electron chi connectivity index (χ2n) is 3.47. The molecular weight excluding hydrogens is 371 g/mol. The molecule has 1 aromatic heterocycles. The molecule has 0 atom stereocenters. The highest BCUT2D eigenvalue weighted by atomic mass is 79.9. The van der Waals surface area contributed by atoms with E-state index in [-0.39, 0.29) is 5.82 Å². The van der Waals surface area contributed by atoms with Crippen LogP contribution in [0.1, 0.15) is 5.69 Å². The Balaban J connectivity index is 2.54. The van der Waals surface area contributed by atoms with E-state index in [1.165, 1.54) is 12.1 Å². The molecule has 0 aliphatic heterocycles. The van der Waals surface area contributed by atoms with Crippen LogP contribution in [0.2, 0.25) is 0 Å². The van der Waals surface area contributed by atoms with Gasteiger partial charge in [-0.05, 0) is 40.2 Å². The first kappa shape index (κ1) is 13.2. The predicted molar refractivity (Wildman–Crippen MR) is 71.4 cm³/mol. The van der Waals surface area contributed by atoms with Crippen LogP contribution in [0.25, 0.3) is 11.3 Å². The fourth-order valence-electron chi connectivity index (χ4n) is 1.51. The minimum atomic E-state index is -1.16. The molecule has 2 rings (SSSR count). The first-order chi connectivity index (χ1) is 8.52. The lowest BCUT2D eigenvalue weighted by Crippen LogP contribution is -2.12. The van der Waals surface area contributed by atoms with Crippen LogP contribution in [-0.4, -0.2) is 21.0 Å². The lowest BCUT2D eigenvalue weighted by Gasteiger charge is -2.00. The van der Waals surface area contributed by atoms with Gasteiger partial charge in [0, 0.05) is 15.4 Å². The lowest BCUT2D eigenvalue weighted by atomic mass is 10.1. The summed E-state index contributed by atoms with van der Waals surface area (Å²) in [5.41, 5.74) is 1.62. The summed E-state index contributed by atoms with van der Waals surface area (Å²) in [6.45, 7) is 0. The van der Waals surface area contributed by atoms with Crippen molar-refractivity contribution in [3.8, 4) is 11.3 Å². The maximum atomic E-state index is 13.0. The standard InChI is InChI=1S/C11H7Br2FN2O2/c12-5-7-4-10(15-16(7)11(17)18)8-2-1-6(14)3-9(8)13/h1-4H,5H2,(H,17,18). The van der Waals surface area contributed by atoms with Crippen molar-refractivity contribution in [1.29, 1.82) is 0 Å². The van der Waals surface area contributed by atoms with Crippen molar-refractivity contribution >= 4 is 38.0 Å². The van der Waals surface area contributed by atoms with Crippen molar-refractivity contribution in [2.24, 2.45) is 0 Å². The third kappa shape index (κ3) is 2.46. The number of halogens is 3. The number of hydrogen-bond donors (Lipinski definition) is 1. The Bertz CT molecular complexity index is 613. The zero-order chi connectivity index (χ0) is 13.3. The van der Waals surface area contributed by atoms with E-state index in [0.717, 1.165) is 4.68 Å². The highest BCUT2D eigenvalue weighted by molar-refractivity contribution is 9.10. The van der Waals surface area contributed by atoms with E-state index in [2.05, 4.69) is 37.0 Å². The molecule has 0 saturated carbocycles. The Morgan fingerprint density at radius 1 is 1.44 bits per heavy atom. The summed E-state index contributed by atoms with van der Waals surface area (Å²) in [5, 5.41) is 13.3. The number of benzene rings is 1. The minimum absolute atomic E-state index is 0.366. The molecule has 4 nitrogen and oxygen atoms in total. The van der Waals surface area contributed by atoms with Crippen molar-refractivity contribution in [2.75, 3.05) is 0 Å². The highest BCUT2D eigenvalue weighted by Crippen LogP contribution is 2.28. The summed E-state index contributed by atoms with van der Waals surface area (Å²) in [7, 11) is 0. The van der Waals surface area contributed by atoms with Crippen LogP contribution in [0.3, 0.4) is 0 Å². The van der Waals surface area contributed by atoms with E-state index >= 15 is 0 Å². The van der Waals surface area contributed by atoms with Crippen LogP contribution in [0.4, 0.5) is 9.18 Å². The average Bonchev–Trinajstić information content (AvgIpc) is 2.73.